The van der Waals surface area contributed by atoms with Gasteiger partial charge in [-0.2, -0.15) is 0 Å². The summed E-state index contributed by atoms with van der Waals surface area (Å²) in [6, 6.07) is 3.73. The van der Waals surface area contributed by atoms with Gasteiger partial charge < -0.3 is 14.5 Å². The van der Waals surface area contributed by atoms with E-state index >= 15 is 0 Å². The summed E-state index contributed by atoms with van der Waals surface area (Å²) in [6.07, 6.45) is 4.82. The summed E-state index contributed by atoms with van der Waals surface area (Å²) in [7, 11) is 0. The van der Waals surface area contributed by atoms with Gasteiger partial charge in [-0.1, -0.05) is 19.8 Å². The molecule has 1 fully saturated rings. The van der Waals surface area contributed by atoms with Crippen molar-refractivity contribution in [1.29, 1.82) is 0 Å². The Morgan fingerprint density at radius 2 is 1.96 bits per heavy atom. The molecule has 5 heteroatoms. The zero-order chi connectivity index (χ0) is 19.3. The molecule has 0 spiro atoms. The van der Waals surface area contributed by atoms with Crippen molar-refractivity contribution >= 4 is 22.7 Å². The average molecular weight is 369 g/mol. The first-order valence-electron chi connectivity index (χ1n) is 9.86. The minimum absolute atomic E-state index is 0.0311. The van der Waals surface area contributed by atoms with E-state index in [4.69, 9.17) is 9.15 Å². The van der Waals surface area contributed by atoms with E-state index in [0.29, 0.717) is 45.9 Å². The van der Waals surface area contributed by atoms with E-state index in [1.54, 1.807) is 12.1 Å². The van der Waals surface area contributed by atoms with Gasteiger partial charge >= 0.3 is 0 Å². The first kappa shape index (κ1) is 18.1. The molecule has 4 rings (SSSR count). The van der Waals surface area contributed by atoms with Crippen molar-refractivity contribution in [3.05, 3.63) is 29.0 Å². The topological polar surface area (TPSA) is 68.5 Å². The molecule has 27 heavy (non-hydrogen) atoms. The van der Waals surface area contributed by atoms with Crippen LogP contribution in [-0.2, 0) is 0 Å². The average Bonchev–Trinajstić information content (AvgIpc) is 2.92. The molecule has 1 amide bonds. The Kier molecular flexibility index (Phi) is 4.28. The monoisotopic (exact) mass is 369 g/mol. The van der Waals surface area contributed by atoms with Crippen LogP contribution >= 0.6 is 0 Å². The van der Waals surface area contributed by atoms with Crippen molar-refractivity contribution in [1.82, 2.24) is 5.32 Å². The maximum atomic E-state index is 12.9. The smallest absolute Gasteiger partial charge is 0.287 e. The molecule has 0 radical (unpaired) electrons. The fourth-order valence-corrected chi connectivity index (χ4v) is 4.47. The Morgan fingerprint density at radius 3 is 2.70 bits per heavy atom. The van der Waals surface area contributed by atoms with E-state index in [1.807, 2.05) is 20.8 Å². The summed E-state index contributed by atoms with van der Waals surface area (Å²) < 4.78 is 11.9. The van der Waals surface area contributed by atoms with E-state index in [-0.39, 0.29) is 17.7 Å². The number of rotatable bonds is 2. The summed E-state index contributed by atoms with van der Waals surface area (Å²) in [5.74, 6) is 1.18. The molecule has 1 aliphatic carbocycles. The summed E-state index contributed by atoms with van der Waals surface area (Å²) in [5.41, 5.74) is 1.29. The molecular formula is C22H27NO4. The molecule has 2 aromatic rings. The molecule has 0 bridgehead atoms. The molecule has 1 aromatic heterocycles. The van der Waals surface area contributed by atoms with E-state index in [1.165, 1.54) is 6.42 Å². The number of hydrogen-bond acceptors (Lipinski definition) is 4. The van der Waals surface area contributed by atoms with Gasteiger partial charge in [-0.05, 0) is 51.7 Å². The second kappa shape index (κ2) is 6.39. The van der Waals surface area contributed by atoms with Crippen molar-refractivity contribution in [2.75, 3.05) is 0 Å². The molecule has 0 unspecified atom stereocenters. The van der Waals surface area contributed by atoms with Crippen molar-refractivity contribution in [2.45, 2.75) is 71.4 Å². The Labute approximate surface area is 159 Å². The lowest BCUT2D eigenvalue weighted by molar-refractivity contribution is 0.0623. The highest BCUT2D eigenvalue weighted by Crippen LogP contribution is 2.40. The van der Waals surface area contributed by atoms with Crippen LogP contribution in [-0.4, -0.2) is 23.3 Å². The molecule has 2 atom stereocenters. The number of amides is 1. The van der Waals surface area contributed by atoms with Gasteiger partial charge in [-0.15, -0.1) is 0 Å². The normalized spacial score (nSPS) is 24.4. The highest BCUT2D eigenvalue weighted by atomic mass is 16.5. The summed E-state index contributed by atoms with van der Waals surface area (Å²) in [6.45, 7) is 7.84. The molecule has 0 saturated heterocycles. The zero-order valence-corrected chi connectivity index (χ0v) is 16.5. The molecule has 5 nitrogen and oxygen atoms in total. The van der Waals surface area contributed by atoms with Crippen LogP contribution in [0.1, 0.15) is 79.4 Å². The van der Waals surface area contributed by atoms with Gasteiger partial charge in [-0.3, -0.25) is 9.59 Å². The maximum absolute atomic E-state index is 12.9. The lowest BCUT2D eigenvalue weighted by atomic mass is 9.86. The Bertz CT molecular complexity index is 924. The first-order chi connectivity index (χ1) is 12.8. The van der Waals surface area contributed by atoms with Gasteiger partial charge in [0.2, 0.25) is 0 Å². The third kappa shape index (κ3) is 3.13. The SMILES string of the molecule is Cc1c(C(=O)N[C@H]2CCCC[C@@H]2C)oc2ccc3c(c12)C(=O)CC(C)(C)O3. The number of nitrogens with one attached hydrogen (secondary N) is 1. The maximum Gasteiger partial charge on any atom is 0.287 e. The van der Waals surface area contributed by atoms with Crippen LogP contribution in [0.5, 0.6) is 5.75 Å². The van der Waals surface area contributed by atoms with Gasteiger partial charge in [0, 0.05) is 17.0 Å². The number of benzene rings is 1. The summed E-state index contributed by atoms with van der Waals surface area (Å²) in [4.78, 5) is 25.7. The molecule has 1 aliphatic heterocycles. The van der Waals surface area contributed by atoms with Gasteiger partial charge in [0.15, 0.2) is 11.5 Å². The third-order valence-electron chi connectivity index (χ3n) is 5.94. The molecule has 2 aliphatic rings. The van der Waals surface area contributed by atoms with Crippen LogP contribution < -0.4 is 10.1 Å². The van der Waals surface area contributed by atoms with Crippen molar-refractivity contribution in [2.24, 2.45) is 5.92 Å². The minimum atomic E-state index is -0.521. The quantitative estimate of drug-likeness (QED) is 0.826. The third-order valence-corrected chi connectivity index (χ3v) is 5.94. The fourth-order valence-electron chi connectivity index (χ4n) is 4.47. The molecule has 1 saturated carbocycles. The first-order valence-corrected chi connectivity index (χ1v) is 9.86. The van der Waals surface area contributed by atoms with E-state index in [0.717, 1.165) is 19.3 Å². The highest BCUT2D eigenvalue weighted by molar-refractivity contribution is 6.13. The predicted molar refractivity (Wildman–Crippen MR) is 103 cm³/mol. The van der Waals surface area contributed by atoms with Gasteiger partial charge in [0.25, 0.3) is 5.91 Å². The lowest BCUT2D eigenvalue weighted by Crippen LogP contribution is -2.41. The van der Waals surface area contributed by atoms with Crippen LogP contribution in [0.25, 0.3) is 11.0 Å². The largest absolute Gasteiger partial charge is 0.487 e. The molecule has 144 valence electrons. The van der Waals surface area contributed by atoms with Gasteiger partial charge in [-0.25, -0.2) is 0 Å². The number of carbonyl (C=O) groups is 2. The zero-order valence-electron chi connectivity index (χ0n) is 16.5. The summed E-state index contributed by atoms with van der Waals surface area (Å²) in [5, 5.41) is 3.85. The van der Waals surface area contributed by atoms with E-state index in [2.05, 4.69) is 12.2 Å². The number of ether oxygens (including phenoxy) is 1. The van der Waals surface area contributed by atoms with Crippen LogP contribution in [0.15, 0.2) is 16.5 Å². The predicted octanol–water partition coefficient (Wildman–Crippen LogP) is 4.79. The van der Waals surface area contributed by atoms with Crippen molar-refractivity contribution < 1.29 is 18.7 Å². The Morgan fingerprint density at radius 1 is 1.22 bits per heavy atom. The molecule has 1 aromatic carbocycles. The van der Waals surface area contributed by atoms with Gasteiger partial charge in [0.1, 0.15) is 16.9 Å². The number of ketones is 1. The number of furan rings is 1. The van der Waals surface area contributed by atoms with Gasteiger partial charge in [0.05, 0.1) is 12.0 Å². The van der Waals surface area contributed by atoms with E-state index < -0.39 is 5.60 Å². The lowest BCUT2D eigenvalue weighted by Gasteiger charge is -2.31. The Hall–Kier alpha value is -2.30. The molecule has 2 heterocycles. The van der Waals surface area contributed by atoms with Crippen LogP contribution in [0, 0.1) is 12.8 Å². The minimum Gasteiger partial charge on any atom is -0.487 e. The number of fused-ring (bicyclic) bond motifs is 3. The highest BCUT2D eigenvalue weighted by Gasteiger charge is 2.36. The number of aryl methyl sites for hydroxylation is 1. The standard InChI is InChI=1S/C22H27NO4/c1-12-7-5-6-8-14(12)23-21(25)20-13(2)18-16(26-20)9-10-17-19(18)15(24)11-22(3,4)27-17/h9-10,12,14H,5-8,11H2,1-4H3,(H,23,25)/t12-,14-/m0/s1. The van der Waals surface area contributed by atoms with Crippen molar-refractivity contribution in [3.63, 3.8) is 0 Å². The molecular weight excluding hydrogens is 342 g/mol. The Balaban J connectivity index is 1.72. The van der Waals surface area contributed by atoms with Crippen molar-refractivity contribution in [3.8, 4) is 5.75 Å². The number of carbonyl (C=O) groups excluding carboxylic acids is 2. The second-order valence-corrected chi connectivity index (χ2v) is 8.67. The van der Waals surface area contributed by atoms with Crippen LogP contribution in [0.2, 0.25) is 0 Å². The van der Waals surface area contributed by atoms with Crippen LogP contribution in [0.4, 0.5) is 0 Å². The van der Waals surface area contributed by atoms with Crippen LogP contribution in [0.3, 0.4) is 0 Å². The fraction of sp³-hybridized carbons (Fsp3) is 0.545. The number of Topliss-reactive ketones (excluding diaryl/α,β-unsaturated/α-hetero) is 1. The number of hydrogen-bond donors (Lipinski definition) is 1. The second-order valence-electron chi connectivity index (χ2n) is 8.67. The van der Waals surface area contributed by atoms with E-state index in [9.17, 15) is 9.59 Å². The molecule has 1 N–H and O–H groups in total. The summed E-state index contributed by atoms with van der Waals surface area (Å²) >= 11 is 0.